The number of likely N-dealkylation sites (N-methyl/N-ethyl adjacent to an activating group) is 1. The van der Waals surface area contributed by atoms with Crippen LogP contribution in [0.4, 0.5) is 4.79 Å². The fraction of sp³-hybridized carbons (Fsp3) is 0.583. The molecule has 0 aliphatic carbocycles. The molecule has 2 unspecified atom stereocenters. The van der Waals surface area contributed by atoms with Gasteiger partial charge in [0.1, 0.15) is 17.6 Å². The van der Waals surface area contributed by atoms with Crippen molar-refractivity contribution in [3.63, 3.8) is 0 Å². The van der Waals surface area contributed by atoms with Crippen LogP contribution in [0.3, 0.4) is 0 Å². The van der Waals surface area contributed by atoms with Crippen molar-refractivity contribution >= 4 is 6.03 Å². The van der Waals surface area contributed by atoms with Crippen LogP contribution in [0.1, 0.15) is 24.5 Å². The number of nitrogens with zero attached hydrogens (tertiary/aromatic N) is 2. The number of aryl methyl sites for hydroxylation is 1. The van der Waals surface area contributed by atoms with Crippen LogP contribution >= 0.6 is 0 Å². The molecule has 1 aromatic rings. The van der Waals surface area contributed by atoms with E-state index < -0.39 is 0 Å². The van der Waals surface area contributed by atoms with E-state index in [1.54, 1.807) is 16.8 Å². The topological polar surface area (TPSA) is 62.7 Å². The van der Waals surface area contributed by atoms with Gasteiger partial charge in [-0.05, 0) is 26.0 Å². The molecule has 1 fully saturated rings. The van der Waals surface area contributed by atoms with E-state index in [0.717, 1.165) is 11.5 Å². The van der Waals surface area contributed by atoms with E-state index in [-0.39, 0.29) is 18.1 Å². The van der Waals surface area contributed by atoms with Crippen LogP contribution in [-0.4, -0.2) is 42.0 Å². The van der Waals surface area contributed by atoms with Crippen molar-refractivity contribution in [1.82, 2.24) is 9.80 Å². The minimum Gasteiger partial charge on any atom is -0.464 e. The lowest BCUT2D eigenvalue weighted by molar-refractivity contribution is 0.184. The Hall–Kier alpha value is -1.49. The second-order valence-electron chi connectivity index (χ2n) is 4.59. The lowest BCUT2D eigenvalue weighted by Gasteiger charge is -2.21. The average Bonchev–Trinajstić information content (AvgIpc) is 2.85. The standard InChI is InChI=1S/C12H19N3O2/c1-8(6-13)15-7-10(14(3)12(15)16)11-5-4-9(2)17-11/h4-5,8,10H,6-7,13H2,1-3H3. The maximum absolute atomic E-state index is 12.1. The van der Waals surface area contributed by atoms with Crippen molar-refractivity contribution in [2.75, 3.05) is 20.1 Å². The normalized spacial score (nSPS) is 22.4. The molecular formula is C12H19N3O2. The Morgan fingerprint density at radius 1 is 1.59 bits per heavy atom. The van der Waals surface area contributed by atoms with E-state index in [9.17, 15) is 4.79 Å². The quantitative estimate of drug-likeness (QED) is 0.863. The molecule has 0 bridgehead atoms. The van der Waals surface area contributed by atoms with Gasteiger partial charge in [0.25, 0.3) is 0 Å². The third kappa shape index (κ3) is 2.02. The van der Waals surface area contributed by atoms with Crippen molar-refractivity contribution in [3.8, 4) is 0 Å². The summed E-state index contributed by atoms with van der Waals surface area (Å²) in [5, 5.41) is 0. The highest BCUT2D eigenvalue weighted by atomic mass is 16.3. The van der Waals surface area contributed by atoms with E-state index in [1.165, 1.54) is 0 Å². The fourth-order valence-corrected chi connectivity index (χ4v) is 2.13. The number of hydrogen-bond donors (Lipinski definition) is 1. The predicted octanol–water partition coefficient (Wildman–Crippen LogP) is 1.34. The van der Waals surface area contributed by atoms with E-state index in [2.05, 4.69) is 0 Å². The Morgan fingerprint density at radius 2 is 2.29 bits per heavy atom. The van der Waals surface area contributed by atoms with Crippen LogP contribution in [-0.2, 0) is 0 Å². The van der Waals surface area contributed by atoms with Gasteiger partial charge in [0.05, 0.1) is 6.54 Å². The molecule has 2 rings (SSSR count). The van der Waals surface area contributed by atoms with Crippen molar-refractivity contribution in [3.05, 3.63) is 23.7 Å². The number of carbonyl (C=O) groups excluding carboxylic acids is 1. The Kier molecular flexibility index (Phi) is 3.11. The molecule has 2 atom stereocenters. The highest BCUT2D eigenvalue weighted by molar-refractivity contribution is 5.77. The van der Waals surface area contributed by atoms with E-state index >= 15 is 0 Å². The summed E-state index contributed by atoms with van der Waals surface area (Å²) in [5.41, 5.74) is 5.61. The van der Waals surface area contributed by atoms with Gasteiger partial charge >= 0.3 is 6.03 Å². The number of rotatable bonds is 3. The summed E-state index contributed by atoms with van der Waals surface area (Å²) < 4.78 is 5.60. The first-order valence-corrected chi connectivity index (χ1v) is 5.84. The second-order valence-corrected chi connectivity index (χ2v) is 4.59. The monoisotopic (exact) mass is 237 g/mol. The van der Waals surface area contributed by atoms with Crippen LogP contribution in [0.2, 0.25) is 0 Å². The molecule has 94 valence electrons. The van der Waals surface area contributed by atoms with Gasteiger partial charge in [-0.15, -0.1) is 0 Å². The summed E-state index contributed by atoms with van der Waals surface area (Å²) >= 11 is 0. The Bertz CT molecular complexity index is 416. The molecule has 1 aliphatic rings. The van der Waals surface area contributed by atoms with Crippen molar-refractivity contribution in [2.45, 2.75) is 25.9 Å². The zero-order valence-corrected chi connectivity index (χ0v) is 10.5. The van der Waals surface area contributed by atoms with Crippen molar-refractivity contribution < 1.29 is 9.21 Å². The molecule has 0 aromatic carbocycles. The molecule has 0 saturated carbocycles. The summed E-state index contributed by atoms with van der Waals surface area (Å²) in [4.78, 5) is 15.6. The van der Waals surface area contributed by atoms with Crippen LogP contribution in [0.25, 0.3) is 0 Å². The molecule has 2 amide bonds. The first-order valence-electron chi connectivity index (χ1n) is 5.84. The lowest BCUT2D eigenvalue weighted by Crippen LogP contribution is -2.40. The van der Waals surface area contributed by atoms with E-state index in [4.69, 9.17) is 10.2 Å². The smallest absolute Gasteiger partial charge is 0.320 e. The zero-order chi connectivity index (χ0) is 12.6. The van der Waals surface area contributed by atoms with Gasteiger partial charge in [-0.3, -0.25) is 0 Å². The number of furan rings is 1. The number of carbonyl (C=O) groups is 1. The van der Waals surface area contributed by atoms with Gasteiger partial charge in [-0.25, -0.2) is 4.79 Å². The van der Waals surface area contributed by atoms with Crippen molar-refractivity contribution in [1.29, 1.82) is 0 Å². The number of nitrogens with two attached hydrogens (primary N) is 1. The summed E-state index contributed by atoms with van der Waals surface area (Å²) in [7, 11) is 1.80. The highest BCUT2D eigenvalue weighted by Gasteiger charge is 2.38. The van der Waals surface area contributed by atoms with Crippen LogP contribution in [0, 0.1) is 6.92 Å². The average molecular weight is 237 g/mol. The number of amides is 2. The van der Waals surface area contributed by atoms with Gasteiger partial charge in [0.2, 0.25) is 0 Å². The summed E-state index contributed by atoms with van der Waals surface area (Å²) in [6.45, 7) is 4.98. The molecule has 17 heavy (non-hydrogen) atoms. The highest BCUT2D eigenvalue weighted by Crippen LogP contribution is 2.30. The molecule has 0 spiro atoms. The Labute approximate surface area is 101 Å². The van der Waals surface area contributed by atoms with Crippen LogP contribution < -0.4 is 5.73 Å². The molecule has 2 heterocycles. The third-order valence-corrected chi connectivity index (χ3v) is 3.35. The third-order valence-electron chi connectivity index (χ3n) is 3.35. The largest absolute Gasteiger partial charge is 0.464 e. The molecule has 0 radical (unpaired) electrons. The zero-order valence-electron chi connectivity index (χ0n) is 10.5. The summed E-state index contributed by atoms with van der Waals surface area (Å²) in [6, 6.07) is 3.92. The molecule has 5 heteroatoms. The molecule has 1 aliphatic heterocycles. The minimum atomic E-state index is -0.00907. The molecule has 1 saturated heterocycles. The maximum atomic E-state index is 12.1. The Morgan fingerprint density at radius 3 is 2.82 bits per heavy atom. The minimum absolute atomic E-state index is 0.00907. The van der Waals surface area contributed by atoms with Gasteiger partial charge in [-0.2, -0.15) is 0 Å². The first kappa shape index (κ1) is 12.0. The SMILES string of the molecule is Cc1ccc(C2CN(C(C)CN)C(=O)N2C)o1. The summed E-state index contributed by atoms with van der Waals surface area (Å²) in [5.74, 6) is 1.70. The number of hydrogen-bond acceptors (Lipinski definition) is 3. The molecular weight excluding hydrogens is 218 g/mol. The van der Waals surface area contributed by atoms with Gasteiger partial charge in [-0.1, -0.05) is 0 Å². The molecule has 5 nitrogen and oxygen atoms in total. The number of urea groups is 1. The lowest BCUT2D eigenvalue weighted by atomic mass is 10.2. The van der Waals surface area contributed by atoms with E-state index in [0.29, 0.717) is 13.1 Å². The van der Waals surface area contributed by atoms with E-state index in [1.807, 2.05) is 26.0 Å². The van der Waals surface area contributed by atoms with Gasteiger partial charge in [0, 0.05) is 19.6 Å². The van der Waals surface area contributed by atoms with Crippen molar-refractivity contribution in [2.24, 2.45) is 5.73 Å². The van der Waals surface area contributed by atoms with Crippen LogP contribution in [0.5, 0.6) is 0 Å². The maximum Gasteiger partial charge on any atom is 0.320 e. The predicted molar refractivity (Wildman–Crippen MR) is 64.6 cm³/mol. The second kappa shape index (κ2) is 4.41. The fourth-order valence-electron chi connectivity index (χ4n) is 2.13. The molecule has 2 N–H and O–H groups in total. The Balaban J connectivity index is 2.19. The summed E-state index contributed by atoms with van der Waals surface area (Å²) in [6.07, 6.45) is 0. The van der Waals surface area contributed by atoms with Gasteiger partial charge in [0.15, 0.2) is 0 Å². The van der Waals surface area contributed by atoms with Crippen LogP contribution in [0.15, 0.2) is 16.5 Å². The molecule has 1 aromatic heterocycles. The van der Waals surface area contributed by atoms with Gasteiger partial charge < -0.3 is 20.0 Å². The first-order chi connectivity index (χ1) is 8.04.